The number of ether oxygens (including phenoxy) is 6. The summed E-state index contributed by atoms with van der Waals surface area (Å²) in [5.74, 6) is -0.266. The number of allylic oxidation sites excluding steroid dienone is 1. The molecule has 3 aliphatic heterocycles. The number of hydrogen-bond acceptors (Lipinski definition) is 18. The zero-order valence-electron chi connectivity index (χ0n) is 65.6. The van der Waals surface area contributed by atoms with Crippen LogP contribution in [0.4, 0.5) is 0 Å². The highest BCUT2D eigenvalue weighted by Gasteiger charge is 2.54. The van der Waals surface area contributed by atoms with E-state index in [1.165, 1.54) is 315 Å². The lowest BCUT2D eigenvalue weighted by molar-refractivity contribution is -0.379. The molecule has 0 bridgehead atoms. The van der Waals surface area contributed by atoms with E-state index in [0.717, 1.165) is 44.9 Å². The van der Waals surface area contributed by atoms with Crippen LogP contribution >= 0.6 is 0 Å². The van der Waals surface area contributed by atoms with Crippen LogP contribution in [-0.4, -0.2) is 193 Å². The summed E-state index contributed by atoms with van der Waals surface area (Å²) in [6.07, 6.45) is 52.4. The van der Waals surface area contributed by atoms with E-state index in [4.69, 9.17) is 28.4 Å². The summed E-state index contributed by atoms with van der Waals surface area (Å²) in [5, 5.41) is 121. The molecule has 1 amide bonds. The summed E-state index contributed by atoms with van der Waals surface area (Å²) in [7, 11) is 0. The van der Waals surface area contributed by atoms with E-state index in [9.17, 15) is 61.0 Å². The Balaban J connectivity index is 1.28. The average molecular weight is 1470 g/mol. The van der Waals surface area contributed by atoms with Gasteiger partial charge in [0.15, 0.2) is 18.9 Å². The smallest absolute Gasteiger partial charge is 0.220 e. The number of amides is 1. The summed E-state index contributed by atoms with van der Waals surface area (Å²) in [6.45, 7) is 1.80. The van der Waals surface area contributed by atoms with Crippen molar-refractivity contribution in [2.45, 2.75) is 491 Å². The Morgan fingerprint density at radius 3 is 0.913 bits per heavy atom. The molecule has 3 rings (SSSR count). The fourth-order valence-corrected chi connectivity index (χ4v) is 15.1. The van der Waals surface area contributed by atoms with E-state index in [1.807, 2.05) is 6.08 Å². The SMILES string of the molecule is CCCCCCCCCCCCCCCCCC/C=C/C(O)C(COC1OC(CO)C(OC2OC(CO)C(OC3OC(CO)C(O)C(O)C3O)C(O)C2O)C(O)C1O)NC(=O)CCCCCCCCCCCCCCCCCCCCCCCCCCCCCCCCCCCCCCCCCC. The number of nitrogens with one attached hydrogen (secondary N) is 1. The molecule has 0 aromatic rings. The normalized spacial score (nSPS) is 26.0. The van der Waals surface area contributed by atoms with Gasteiger partial charge in [-0.3, -0.25) is 4.79 Å². The lowest BCUT2D eigenvalue weighted by atomic mass is 9.96. The Kier molecular flexibility index (Phi) is 60.7. The van der Waals surface area contributed by atoms with E-state index < -0.39 is 124 Å². The van der Waals surface area contributed by atoms with Gasteiger partial charge in [0, 0.05) is 6.42 Å². The van der Waals surface area contributed by atoms with E-state index in [-0.39, 0.29) is 18.9 Å². The molecular formula is C84H161NO18. The van der Waals surface area contributed by atoms with Crippen LogP contribution in [0.1, 0.15) is 386 Å². The predicted molar refractivity (Wildman–Crippen MR) is 411 cm³/mol. The topological polar surface area (TPSA) is 307 Å². The fraction of sp³-hybridized carbons (Fsp3) is 0.964. The van der Waals surface area contributed by atoms with Crippen LogP contribution in [0.15, 0.2) is 12.2 Å². The van der Waals surface area contributed by atoms with Gasteiger partial charge in [0.25, 0.3) is 0 Å². The summed E-state index contributed by atoms with van der Waals surface area (Å²) < 4.78 is 34.5. The number of hydrogen-bond donors (Lipinski definition) is 12. The van der Waals surface area contributed by atoms with Gasteiger partial charge in [-0.1, -0.05) is 373 Å². The number of aliphatic hydroxyl groups excluding tert-OH is 11. The van der Waals surface area contributed by atoms with Crippen molar-refractivity contribution in [2.75, 3.05) is 26.4 Å². The molecule has 0 radical (unpaired) electrons. The van der Waals surface area contributed by atoms with Crippen molar-refractivity contribution in [1.29, 1.82) is 0 Å². The Morgan fingerprint density at radius 1 is 0.340 bits per heavy atom. The first-order chi connectivity index (χ1) is 50.3. The molecule has 0 aliphatic carbocycles. The molecule has 610 valence electrons. The first-order valence-corrected chi connectivity index (χ1v) is 43.4. The lowest BCUT2D eigenvalue weighted by Gasteiger charge is -2.48. The molecule has 3 heterocycles. The quantitative estimate of drug-likeness (QED) is 0.0199. The third kappa shape index (κ3) is 44.8. The van der Waals surface area contributed by atoms with Gasteiger partial charge in [0.2, 0.25) is 5.91 Å². The molecule has 19 nitrogen and oxygen atoms in total. The molecule has 3 fully saturated rings. The number of carbonyl (C=O) groups excluding carboxylic acids is 1. The Bertz CT molecular complexity index is 1910. The van der Waals surface area contributed by atoms with Crippen molar-refractivity contribution in [2.24, 2.45) is 0 Å². The molecule has 0 aromatic heterocycles. The van der Waals surface area contributed by atoms with Gasteiger partial charge in [-0.2, -0.15) is 0 Å². The second-order valence-electron chi connectivity index (χ2n) is 31.4. The second kappa shape index (κ2) is 65.3. The molecule has 12 N–H and O–H groups in total. The monoisotopic (exact) mass is 1470 g/mol. The average Bonchev–Trinajstić information content (AvgIpc) is 0.781. The largest absolute Gasteiger partial charge is 0.394 e. The molecule has 3 saturated heterocycles. The summed E-state index contributed by atoms with van der Waals surface area (Å²) in [5.41, 5.74) is 0. The zero-order valence-corrected chi connectivity index (χ0v) is 65.6. The van der Waals surface area contributed by atoms with E-state index in [2.05, 4.69) is 19.2 Å². The summed E-state index contributed by atoms with van der Waals surface area (Å²) >= 11 is 0. The molecule has 3 aliphatic rings. The predicted octanol–water partition coefficient (Wildman–Crippen LogP) is 15.5. The van der Waals surface area contributed by atoms with Crippen LogP contribution in [0.25, 0.3) is 0 Å². The van der Waals surface area contributed by atoms with Crippen LogP contribution in [-0.2, 0) is 33.2 Å². The molecular weight excluding hydrogens is 1310 g/mol. The standard InChI is InChI=1S/C84H161NO18/c1-3-5-7-9-11-13-15-17-19-21-23-24-25-26-27-28-29-30-31-32-33-34-35-36-37-38-39-40-41-42-43-44-46-48-50-52-54-56-58-60-62-72(90)85-67(68(89)61-59-57-55-53-51-49-47-45-22-20-18-16-14-12-10-8-6-4-2)66-98-82-78(96)75(93)80(70(64-87)100-82)103-84-79(97)76(94)81(71(65-88)101-84)102-83-77(95)74(92)73(91)69(63-86)99-83/h59,61,67-71,73-84,86-89,91-97H,3-58,60,62-66H2,1-2H3,(H,85,90)/b61-59+. The van der Waals surface area contributed by atoms with Gasteiger partial charge in [0.1, 0.15) is 73.2 Å². The Labute approximate surface area is 626 Å². The number of rotatable bonds is 71. The number of carbonyl (C=O) groups is 1. The molecule has 0 aromatic carbocycles. The molecule has 17 atom stereocenters. The van der Waals surface area contributed by atoms with E-state index in [1.54, 1.807) is 6.08 Å². The maximum absolute atomic E-state index is 13.5. The van der Waals surface area contributed by atoms with Crippen molar-refractivity contribution >= 4 is 5.91 Å². The minimum atomic E-state index is -1.98. The van der Waals surface area contributed by atoms with Crippen LogP contribution in [0.5, 0.6) is 0 Å². The van der Waals surface area contributed by atoms with Gasteiger partial charge in [-0.15, -0.1) is 0 Å². The van der Waals surface area contributed by atoms with Gasteiger partial charge in [-0.25, -0.2) is 0 Å². The van der Waals surface area contributed by atoms with Gasteiger partial charge < -0.3 is 89.9 Å². The highest BCUT2D eigenvalue weighted by molar-refractivity contribution is 5.76. The number of unbranched alkanes of at least 4 members (excludes halogenated alkanes) is 55. The zero-order chi connectivity index (χ0) is 74.6. The van der Waals surface area contributed by atoms with Crippen molar-refractivity contribution in [1.82, 2.24) is 5.32 Å². The molecule has 19 heteroatoms. The molecule has 103 heavy (non-hydrogen) atoms. The lowest BCUT2D eigenvalue weighted by Crippen LogP contribution is -2.66. The van der Waals surface area contributed by atoms with Gasteiger partial charge >= 0.3 is 0 Å². The maximum atomic E-state index is 13.5. The van der Waals surface area contributed by atoms with Crippen molar-refractivity contribution in [3.8, 4) is 0 Å². The van der Waals surface area contributed by atoms with E-state index in [0.29, 0.717) is 6.42 Å². The van der Waals surface area contributed by atoms with Crippen LogP contribution in [0, 0.1) is 0 Å². The third-order valence-corrected chi connectivity index (χ3v) is 22.1. The summed E-state index contributed by atoms with van der Waals surface area (Å²) in [6, 6.07) is -0.970. The maximum Gasteiger partial charge on any atom is 0.220 e. The summed E-state index contributed by atoms with van der Waals surface area (Å²) in [4.78, 5) is 13.5. The molecule has 17 unspecified atom stereocenters. The van der Waals surface area contributed by atoms with Crippen LogP contribution in [0.3, 0.4) is 0 Å². The minimum absolute atomic E-state index is 0.250. The third-order valence-electron chi connectivity index (χ3n) is 22.1. The van der Waals surface area contributed by atoms with Gasteiger partial charge in [0.05, 0.1) is 38.6 Å². The first kappa shape index (κ1) is 95.7. The van der Waals surface area contributed by atoms with Gasteiger partial charge in [-0.05, 0) is 19.3 Å². The van der Waals surface area contributed by atoms with Crippen LogP contribution < -0.4 is 5.32 Å². The van der Waals surface area contributed by atoms with Crippen LogP contribution in [0.2, 0.25) is 0 Å². The highest BCUT2D eigenvalue weighted by Crippen LogP contribution is 2.34. The first-order valence-electron chi connectivity index (χ1n) is 43.4. The van der Waals surface area contributed by atoms with Crippen molar-refractivity contribution in [3.63, 3.8) is 0 Å². The number of aliphatic hydroxyl groups is 11. The minimum Gasteiger partial charge on any atom is -0.394 e. The second-order valence-corrected chi connectivity index (χ2v) is 31.4. The van der Waals surface area contributed by atoms with Crippen molar-refractivity contribution < 1.29 is 89.4 Å². The molecule has 0 saturated carbocycles. The van der Waals surface area contributed by atoms with E-state index >= 15 is 0 Å². The Morgan fingerprint density at radius 2 is 0.602 bits per heavy atom. The van der Waals surface area contributed by atoms with Crippen molar-refractivity contribution in [3.05, 3.63) is 12.2 Å². The Hall–Kier alpha value is -1.47. The highest BCUT2D eigenvalue weighted by atomic mass is 16.8. The molecule has 0 spiro atoms. The fourth-order valence-electron chi connectivity index (χ4n) is 15.1.